The number of hydrogen-bond acceptors (Lipinski definition) is 7. The van der Waals surface area contributed by atoms with Crippen molar-refractivity contribution in [3.8, 4) is 0 Å². The van der Waals surface area contributed by atoms with E-state index in [1.54, 1.807) is 11.0 Å². The van der Waals surface area contributed by atoms with Crippen LogP contribution in [-0.2, 0) is 19.3 Å². The number of thioether (sulfide) groups is 1. The number of imidazole rings is 1. The second-order valence-corrected chi connectivity index (χ2v) is 5.85. The topological polar surface area (TPSA) is 87.5 Å². The Morgan fingerprint density at radius 1 is 1.22 bits per heavy atom. The van der Waals surface area contributed by atoms with Gasteiger partial charge in [-0.3, -0.25) is 0 Å². The van der Waals surface area contributed by atoms with Gasteiger partial charge in [-0.05, 0) is 12.1 Å². The lowest BCUT2D eigenvalue weighted by atomic mass is 10.3. The Hall–Kier alpha value is -2.68. The van der Waals surface area contributed by atoms with E-state index in [4.69, 9.17) is 4.42 Å². The highest BCUT2D eigenvalue weighted by molar-refractivity contribution is 7.98. The molecule has 0 saturated carbocycles. The molecule has 0 saturated heterocycles. The van der Waals surface area contributed by atoms with Gasteiger partial charge in [0.1, 0.15) is 25.0 Å². The van der Waals surface area contributed by atoms with Crippen LogP contribution >= 0.6 is 11.8 Å². The van der Waals surface area contributed by atoms with Crippen LogP contribution in [0, 0.1) is 0 Å². The zero-order valence-corrected chi connectivity index (χ0v) is 13.1. The minimum absolute atomic E-state index is 0.417. The molecule has 4 rings (SSSR count). The molecule has 0 unspecified atom stereocenters. The second kappa shape index (κ2) is 5.84. The zero-order chi connectivity index (χ0) is 15.6. The van der Waals surface area contributed by atoms with Crippen LogP contribution in [0.4, 0.5) is 0 Å². The third-order valence-electron chi connectivity index (χ3n) is 3.42. The van der Waals surface area contributed by atoms with Crippen molar-refractivity contribution in [3.63, 3.8) is 0 Å². The number of rotatable bonds is 5. The van der Waals surface area contributed by atoms with Crippen molar-refractivity contribution in [1.82, 2.24) is 34.5 Å². The molecule has 0 bridgehead atoms. The molecule has 0 aliphatic heterocycles. The Bertz CT molecular complexity index is 928. The summed E-state index contributed by atoms with van der Waals surface area (Å²) in [4.78, 5) is 8.50. The van der Waals surface area contributed by atoms with Gasteiger partial charge >= 0.3 is 0 Å². The molecule has 1 aromatic carbocycles. The van der Waals surface area contributed by atoms with E-state index >= 15 is 0 Å². The lowest BCUT2D eigenvalue weighted by Gasteiger charge is -1.99. The summed E-state index contributed by atoms with van der Waals surface area (Å²) in [7, 11) is 2.01. The van der Waals surface area contributed by atoms with E-state index in [9.17, 15) is 0 Å². The first kappa shape index (κ1) is 13.9. The molecular formula is C14H13N7OS. The summed E-state index contributed by atoms with van der Waals surface area (Å²) in [5.74, 6) is 2.13. The molecular weight excluding hydrogens is 314 g/mol. The summed E-state index contributed by atoms with van der Waals surface area (Å²) in [6.07, 6.45) is 3.08. The van der Waals surface area contributed by atoms with Gasteiger partial charge in [0.25, 0.3) is 5.22 Å². The molecule has 116 valence electrons. The highest BCUT2D eigenvalue weighted by Crippen LogP contribution is 2.23. The normalized spacial score (nSPS) is 11.3. The maximum Gasteiger partial charge on any atom is 0.277 e. The van der Waals surface area contributed by atoms with E-state index in [1.807, 2.05) is 25.2 Å². The molecule has 3 heterocycles. The maximum atomic E-state index is 5.61. The number of aryl methyl sites for hydroxylation is 1. The molecule has 0 atom stereocenters. The molecule has 3 aromatic heterocycles. The fourth-order valence-electron chi connectivity index (χ4n) is 2.26. The van der Waals surface area contributed by atoms with Crippen LogP contribution in [-0.4, -0.2) is 34.5 Å². The van der Waals surface area contributed by atoms with E-state index in [1.165, 1.54) is 18.1 Å². The minimum atomic E-state index is 0.417. The summed E-state index contributed by atoms with van der Waals surface area (Å²) < 4.78 is 9.32. The van der Waals surface area contributed by atoms with Crippen LogP contribution < -0.4 is 0 Å². The Kier molecular flexibility index (Phi) is 3.54. The first-order valence-electron chi connectivity index (χ1n) is 6.97. The molecule has 9 heteroatoms. The number of fused-ring (bicyclic) bond motifs is 1. The summed E-state index contributed by atoms with van der Waals surface area (Å²) in [6.45, 7) is 0.417. The van der Waals surface area contributed by atoms with E-state index in [0.29, 0.717) is 23.4 Å². The Morgan fingerprint density at radius 3 is 2.96 bits per heavy atom. The van der Waals surface area contributed by atoms with Gasteiger partial charge in [0.05, 0.1) is 16.8 Å². The van der Waals surface area contributed by atoms with Crippen molar-refractivity contribution < 1.29 is 4.42 Å². The molecule has 0 aliphatic rings. The van der Waals surface area contributed by atoms with Gasteiger partial charge in [-0.15, -0.1) is 10.2 Å². The molecule has 23 heavy (non-hydrogen) atoms. The smallest absolute Gasteiger partial charge is 0.277 e. The number of para-hydroxylation sites is 2. The Balaban J connectivity index is 1.46. The summed E-state index contributed by atoms with van der Waals surface area (Å²) in [5, 5.41) is 12.6. The lowest BCUT2D eigenvalue weighted by Crippen LogP contribution is -1.99. The lowest BCUT2D eigenvalue weighted by molar-refractivity contribution is 0.397. The number of nitrogens with zero attached hydrogens (tertiary/aromatic N) is 7. The SMILES string of the molecule is Cn1c(CSc2nnc(Cn3cncn3)o2)nc2ccccc21. The fraction of sp³-hybridized carbons (Fsp3) is 0.214. The van der Waals surface area contributed by atoms with Gasteiger partial charge in [0.2, 0.25) is 5.89 Å². The minimum Gasteiger partial charge on any atom is -0.414 e. The van der Waals surface area contributed by atoms with E-state index < -0.39 is 0 Å². The van der Waals surface area contributed by atoms with Gasteiger partial charge < -0.3 is 8.98 Å². The predicted octanol–water partition coefficient (Wildman–Crippen LogP) is 1.89. The zero-order valence-electron chi connectivity index (χ0n) is 12.3. The Morgan fingerprint density at radius 2 is 2.13 bits per heavy atom. The maximum absolute atomic E-state index is 5.61. The van der Waals surface area contributed by atoms with E-state index in [-0.39, 0.29) is 0 Å². The summed E-state index contributed by atoms with van der Waals surface area (Å²) in [5.41, 5.74) is 2.10. The highest BCUT2D eigenvalue weighted by atomic mass is 32.2. The van der Waals surface area contributed by atoms with Crippen molar-refractivity contribution in [3.05, 3.63) is 48.6 Å². The van der Waals surface area contributed by atoms with Gasteiger partial charge in [-0.1, -0.05) is 23.9 Å². The summed E-state index contributed by atoms with van der Waals surface area (Å²) in [6, 6.07) is 8.06. The van der Waals surface area contributed by atoms with Gasteiger partial charge in [0, 0.05) is 7.05 Å². The van der Waals surface area contributed by atoms with Gasteiger partial charge in [0.15, 0.2) is 0 Å². The first-order chi connectivity index (χ1) is 11.3. The van der Waals surface area contributed by atoms with Crippen molar-refractivity contribution in [1.29, 1.82) is 0 Å². The van der Waals surface area contributed by atoms with Crippen LogP contribution in [0.3, 0.4) is 0 Å². The molecule has 4 aromatic rings. The fourth-order valence-corrected chi connectivity index (χ4v) is 3.03. The quantitative estimate of drug-likeness (QED) is 0.517. The highest BCUT2D eigenvalue weighted by Gasteiger charge is 2.11. The molecule has 0 fully saturated rings. The van der Waals surface area contributed by atoms with E-state index in [2.05, 4.69) is 35.9 Å². The van der Waals surface area contributed by atoms with Crippen molar-refractivity contribution in [2.75, 3.05) is 0 Å². The standard InChI is InChI=1S/C14H13N7OS/c1-20-11-5-3-2-4-10(11)17-12(20)7-23-14-19-18-13(22-14)6-21-9-15-8-16-21/h2-5,8-9H,6-7H2,1H3. The second-order valence-electron chi connectivity index (χ2n) is 4.92. The average Bonchev–Trinajstić information content (AvgIpc) is 3.28. The molecule has 0 spiro atoms. The first-order valence-corrected chi connectivity index (χ1v) is 7.96. The van der Waals surface area contributed by atoms with Gasteiger partial charge in [-0.2, -0.15) is 5.10 Å². The molecule has 0 radical (unpaired) electrons. The van der Waals surface area contributed by atoms with Crippen LogP contribution in [0.2, 0.25) is 0 Å². The number of hydrogen-bond donors (Lipinski definition) is 0. The summed E-state index contributed by atoms with van der Waals surface area (Å²) >= 11 is 1.47. The van der Waals surface area contributed by atoms with E-state index in [0.717, 1.165) is 16.9 Å². The van der Waals surface area contributed by atoms with Crippen LogP contribution in [0.1, 0.15) is 11.7 Å². The largest absolute Gasteiger partial charge is 0.414 e. The molecule has 0 aliphatic carbocycles. The Labute approximate surface area is 135 Å². The molecule has 0 amide bonds. The van der Waals surface area contributed by atoms with Crippen molar-refractivity contribution in [2.45, 2.75) is 17.5 Å². The molecule has 8 nitrogen and oxygen atoms in total. The predicted molar refractivity (Wildman–Crippen MR) is 83.7 cm³/mol. The monoisotopic (exact) mass is 327 g/mol. The number of aromatic nitrogens is 7. The third kappa shape index (κ3) is 2.82. The van der Waals surface area contributed by atoms with Crippen LogP contribution in [0.15, 0.2) is 46.6 Å². The van der Waals surface area contributed by atoms with Gasteiger partial charge in [-0.25, -0.2) is 14.6 Å². The van der Waals surface area contributed by atoms with Crippen LogP contribution in [0.25, 0.3) is 11.0 Å². The number of benzene rings is 1. The molecule has 0 N–H and O–H groups in total. The van der Waals surface area contributed by atoms with Crippen molar-refractivity contribution in [2.24, 2.45) is 7.05 Å². The van der Waals surface area contributed by atoms with Crippen molar-refractivity contribution >= 4 is 22.8 Å². The van der Waals surface area contributed by atoms with Crippen LogP contribution in [0.5, 0.6) is 0 Å². The average molecular weight is 327 g/mol. The third-order valence-corrected chi connectivity index (χ3v) is 4.23.